The summed E-state index contributed by atoms with van der Waals surface area (Å²) < 4.78 is 30.8. The minimum atomic E-state index is -3.55. The van der Waals surface area contributed by atoms with Gasteiger partial charge in [-0.3, -0.25) is 4.90 Å². The Bertz CT molecular complexity index is 798. The molecule has 5 nitrogen and oxygen atoms in total. The normalized spacial score (nSPS) is 17.2. The van der Waals surface area contributed by atoms with Crippen LogP contribution in [0.3, 0.4) is 0 Å². The van der Waals surface area contributed by atoms with Crippen LogP contribution in [0.4, 0.5) is 0 Å². The van der Waals surface area contributed by atoms with E-state index in [-0.39, 0.29) is 10.9 Å². The highest BCUT2D eigenvalue weighted by Crippen LogP contribution is 2.26. The first-order chi connectivity index (χ1) is 11.5. The Balaban J connectivity index is 1.81. The van der Waals surface area contributed by atoms with Crippen LogP contribution < -0.4 is 4.72 Å². The van der Waals surface area contributed by atoms with Gasteiger partial charge in [0.25, 0.3) is 0 Å². The van der Waals surface area contributed by atoms with Gasteiger partial charge in [-0.2, -0.15) is 0 Å². The zero-order valence-electron chi connectivity index (χ0n) is 13.7. The van der Waals surface area contributed by atoms with E-state index in [9.17, 15) is 8.42 Å². The summed E-state index contributed by atoms with van der Waals surface area (Å²) in [6.45, 7) is 2.38. The molecule has 2 heterocycles. The lowest BCUT2D eigenvalue weighted by atomic mass is 10.2. The van der Waals surface area contributed by atoms with Gasteiger partial charge in [0.2, 0.25) is 10.0 Å². The van der Waals surface area contributed by atoms with Gasteiger partial charge in [0.1, 0.15) is 0 Å². The van der Waals surface area contributed by atoms with Crippen molar-refractivity contribution in [3.63, 3.8) is 0 Å². The van der Waals surface area contributed by atoms with E-state index >= 15 is 0 Å². The van der Waals surface area contributed by atoms with E-state index in [0.29, 0.717) is 11.0 Å². The molecule has 1 aromatic carbocycles. The number of aryl methyl sites for hydroxylation is 1. The van der Waals surface area contributed by atoms with Crippen LogP contribution >= 0.6 is 15.9 Å². The highest BCUT2D eigenvalue weighted by atomic mass is 79.9. The highest BCUT2D eigenvalue weighted by Gasteiger charge is 2.27. The first kappa shape index (κ1) is 17.7. The smallest absolute Gasteiger partial charge is 0.241 e. The summed E-state index contributed by atoms with van der Waals surface area (Å²) >= 11 is 3.32. The Labute approximate surface area is 151 Å². The second-order valence-corrected chi connectivity index (χ2v) is 8.67. The van der Waals surface area contributed by atoms with Crippen molar-refractivity contribution >= 4 is 26.0 Å². The number of rotatable bonds is 6. The lowest BCUT2D eigenvalue weighted by Crippen LogP contribution is -2.37. The van der Waals surface area contributed by atoms with Crippen LogP contribution in [0.15, 0.2) is 52.0 Å². The number of halogens is 1. The van der Waals surface area contributed by atoms with Crippen molar-refractivity contribution in [2.45, 2.75) is 23.8 Å². The van der Waals surface area contributed by atoms with Crippen molar-refractivity contribution in [1.82, 2.24) is 14.2 Å². The van der Waals surface area contributed by atoms with Gasteiger partial charge in [0.05, 0.1) is 10.9 Å². The molecule has 0 amide bonds. The van der Waals surface area contributed by atoms with Crippen molar-refractivity contribution in [3.05, 3.63) is 52.8 Å². The van der Waals surface area contributed by atoms with Gasteiger partial charge in [-0.15, -0.1) is 0 Å². The third kappa shape index (κ3) is 3.74. The molecule has 1 atom stereocenters. The fourth-order valence-electron chi connectivity index (χ4n) is 3.22. The number of benzene rings is 1. The number of nitrogens with one attached hydrogen (secondary N) is 1. The van der Waals surface area contributed by atoms with Crippen molar-refractivity contribution in [1.29, 1.82) is 0 Å². The second kappa shape index (κ2) is 7.39. The third-order valence-corrected chi connectivity index (χ3v) is 6.94. The molecule has 1 aliphatic rings. The Hall–Kier alpha value is -1.15. The predicted molar refractivity (Wildman–Crippen MR) is 98.3 cm³/mol. The molecule has 0 spiro atoms. The number of hydrogen-bond donors (Lipinski definition) is 1. The predicted octanol–water partition coefficient (Wildman–Crippen LogP) is 2.90. The fraction of sp³-hybridized carbons (Fsp3) is 0.412. The monoisotopic (exact) mass is 411 g/mol. The van der Waals surface area contributed by atoms with Crippen molar-refractivity contribution in [3.8, 4) is 0 Å². The van der Waals surface area contributed by atoms with Gasteiger partial charge < -0.3 is 4.57 Å². The van der Waals surface area contributed by atoms with Crippen LogP contribution in [0.5, 0.6) is 0 Å². The lowest BCUT2D eigenvalue weighted by Gasteiger charge is -2.28. The molecule has 24 heavy (non-hydrogen) atoms. The van der Waals surface area contributed by atoms with E-state index in [2.05, 4.69) is 36.2 Å². The van der Waals surface area contributed by atoms with Gasteiger partial charge >= 0.3 is 0 Å². The number of aromatic nitrogens is 1. The van der Waals surface area contributed by atoms with Crippen LogP contribution in [0, 0.1) is 0 Å². The van der Waals surface area contributed by atoms with E-state index in [1.54, 1.807) is 24.3 Å². The maximum Gasteiger partial charge on any atom is 0.241 e. The van der Waals surface area contributed by atoms with Crippen molar-refractivity contribution in [2.75, 3.05) is 19.6 Å². The number of sulfonamides is 1. The SMILES string of the molecule is Cn1cccc1C(CNS(=O)(=O)c1ccccc1Br)N1CCCC1. The molecule has 0 radical (unpaired) electrons. The Morgan fingerprint density at radius 2 is 1.88 bits per heavy atom. The Morgan fingerprint density at radius 1 is 1.17 bits per heavy atom. The summed E-state index contributed by atoms with van der Waals surface area (Å²) in [5, 5.41) is 0. The maximum atomic E-state index is 12.7. The molecule has 0 bridgehead atoms. The van der Waals surface area contributed by atoms with Crippen molar-refractivity contribution < 1.29 is 8.42 Å². The van der Waals surface area contributed by atoms with E-state index < -0.39 is 10.0 Å². The van der Waals surface area contributed by atoms with Crippen LogP contribution in [0.2, 0.25) is 0 Å². The molecule has 130 valence electrons. The van der Waals surface area contributed by atoms with Crippen LogP contribution in [-0.4, -0.2) is 37.5 Å². The topological polar surface area (TPSA) is 54.3 Å². The summed E-state index contributed by atoms with van der Waals surface area (Å²) in [4.78, 5) is 2.63. The average Bonchev–Trinajstić information content (AvgIpc) is 3.21. The lowest BCUT2D eigenvalue weighted by molar-refractivity contribution is 0.238. The van der Waals surface area contributed by atoms with E-state index in [1.807, 2.05) is 19.3 Å². The Kier molecular flexibility index (Phi) is 5.44. The molecule has 1 aliphatic heterocycles. The fourth-order valence-corrected chi connectivity index (χ4v) is 5.26. The molecule has 1 unspecified atom stereocenters. The zero-order valence-corrected chi connectivity index (χ0v) is 16.1. The van der Waals surface area contributed by atoms with Crippen molar-refractivity contribution in [2.24, 2.45) is 7.05 Å². The largest absolute Gasteiger partial charge is 0.353 e. The van der Waals surface area contributed by atoms with E-state index in [4.69, 9.17) is 0 Å². The molecule has 2 aromatic rings. The number of nitrogens with zero attached hydrogens (tertiary/aromatic N) is 2. The standard InChI is InChI=1S/C17H22BrN3O2S/c1-20-10-6-8-15(20)16(21-11-4-5-12-21)13-19-24(22,23)17-9-3-2-7-14(17)18/h2-3,6-10,16,19H,4-5,11-13H2,1H3. The molecule has 3 rings (SSSR count). The molecule has 1 aromatic heterocycles. The molecular weight excluding hydrogens is 390 g/mol. The van der Waals surface area contributed by atoms with Crippen LogP contribution in [-0.2, 0) is 17.1 Å². The number of likely N-dealkylation sites (tertiary alicyclic amines) is 1. The number of hydrogen-bond acceptors (Lipinski definition) is 3. The summed E-state index contributed by atoms with van der Waals surface area (Å²) in [5.74, 6) is 0. The minimum absolute atomic E-state index is 0.0461. The highest BCUT2D eigenvalue weighted by molar-refractivity contribution is 9.10. The van der Waals surface area contributed by atoms with Crippen LogP contribution in [0.1, 0.15) is 24.6 Å². The Morgan fingerprint density at radius 3 is 2.50 bits per heavy atom. The molecular formula is C17H22BrN3O2S. The summed E-state index contributed by atoms with van der Waals surface area (Å²) in [7, 11) is -1.55. The molecule has 0 saturated carbocycles. The van der Waals surface area contributed by atoms with Gasteiger partial charge in [0, 0.05) is 30.0 Å². The molecule has 1 N–H and O–H groups in total. The molecule has 1 fully saturated rings. The van der Waals surface area contributed by atoms with Gasteiger partial charge in [-0.25, -0.2) is 13.1 Å². The summed E-state index contributed by atoms with van der Waals surface area (Å²) in [6.07, 6.45) is 4.33. The molecule has 7 heteroatoms. The quantitative estimate of drug-likeness (QED) is 0.794. The third-order valence-electron chi connectivity index (χ3n) is 4.50. The van der Waals surface area contributed by atoms with E-state index in [0.717, 1.165) is 31.6 Å². The zero-order chi connectivity index (χ0) is 17.2. The second-order valence-electron chi connectivity index (χ2n) is 6.09. The van der Waals surface area contributed by atoms with E-state index in [1.165, 1.54) is 0 Å². The molecule has 0 aliphatic carbocycles. The van der Waals surface area contributed by atoms with Crippen LogP contribution in [0.25, 0.3) is 0 Å². The average molecular weight is 412 g/mol. The van der Waals surface area contributed by atoms with Gasteiger partial charge in [-0.05, 0) is 66.1 Å². The summed E-state index contributed by atoms with van der Waals surface area (Å²) in [5.41, 5.74) is 1.13. The minimum Gasteiger partial charge on any atom is -0.353 e. The van der Waals surface area contributed by atoms with Gasteiger partial charge in [-0.1, -0.05) is 12.1 Å². The molecule has 1 saturated heterocycles. The maximum absolute atomic E-state index is 12.7. The first-order valence-corrected chi connectivity index (χ1v) is 10.4. The first-order valence-electron chi connectivity index (χ1n) is 8.08. The van der Waals surface area contributed by atoms with Gasteiger partial charge in [0.15, 0.2) is 0 Å². The summed E-state index contributed by atoms with van der Waals surface area (Å²) in [6, 6.07) is 11.0.